The van der Waals surface area contributed by atoms with E-state index in [9.17, 15) is 0 Å². The number of rotatable bonds is 5. The Balaban J connectivity index is 1.79. The van der Waals surface area contributed by atoms with E-state index < -0.39 is 0 Å². The van der Waals surface area contributed by atoms with Crippen molar-refractivity contribution in [2.45, 2.75) is 13.0 Å². The molecule has 100 valence electrons. The molecule has 1 aliphatic heterocycles. The molecule has 4 heteroatoms. The third-order valence-electron chi connectivity index (χ3n) is 3.06. The van der Waals surface area contributed by atoms with Gasteiger partial charge in [0, 0.05) is 19.6 Å². The summed E-state index contributed by atoms with van der Waals surface area (Å²) in [6.07, 6.45) is 0.0887. The van der Waals surface area contributed by atoms with Gasteiger partial charge < -0.3 is 14.6 Å². The van der Waals surface area contributed by atoms with Crippen LogP contribution in [-0.2, 0) is 4.74 Å². The molecule has 2 rings (SSSR count). The SMILES string of the molecule is Cc1cccc(OC[C@H]2CN(CCO)CCO2)c1. The maximum Gasteiger partial charge on any atom is 0.119 e. The highest BCUT2D eigenvalue weighted by molar-refractivity contribution is 5.27. The van der Waals surface area contributed by atoms with Gasteiger partial charge in [0.15, 0.2) is 0 Å². The molecule has 1 N–H and O–H groups in total. The van der Waals surface area contributed by atoms with Crippen LogP contribution in [0.5, 0.6) is 5.75 Å². The van der Waals surface area contributed by atoms with Crippen LogP contribution in [-0.4, -0.2) is 55.6 Å². The topological polar surface area (TPSA) is 41.9 Å². The molecule has 0 unspecified atom stereocenters. The predicted molar refractivity (Wildman–Crippen MR) is 69.9 cm³/mol. The number of β-amino-alcohol motifs (C(OH)–C–C–N with tert-alkyl or cyclic N) is 1. The lowest BCUT2D eigenvalue weighted by atomic mass is 10.2. The summed E-state index contributed by atoms with van der Waals surface area (Å²) in [7, 11) is 0. The highest BCUT2D eigenvalue weighted by Gasteiger charge is 2.20. The zero-order valence-electron chi connectivity index (χ0n) is 10.8. The molecule has 0 spiro atoms. The van der Waals surface area contributed by atoms with Gasteiger partial charge in [-0.3, -0.25) is 4.90 Å². The van der Waals surface area contributed by atoms with Gasteiger partial charge in [-0.2, -0.15) is 0 Å². The molecule has 1 heterocycles. The van der Waals surface area contributed by atoms with Crippen molar-refractivity contribution >= 4 is 0 Å². The zero-order valence-corrected chi connectivity index (χ0v) is 10.8. The molecular formula is C14H21NO3. The lowest BCUT2D eigenvalue weighted by molar-refractivity contribution is -0.0508. The first-order valence-corrected chi connectivity index (χ1v) is 6.42. The van der Waals surface area contributed by atoms with Crippen LogP contribution in [0.2, 0.25) is 0 Å². The van der Waals surface area contributed by atoms with E-state index >= 15 is 0 Å². The van der Waals surface area contributed by atoms with Gasteiger partial charge in [0.1, 0.15) is 18.5 Å². The largest absolute Gasteiger partial charge is 0.491 e. The summed E-state index contributed by atoms with van der Waals surface area (Å²) in [6.45, 7) is 5.95. The molecule has 0 amide bonds. The van der Waals surface area contributed by atoms with Crippen LogP contribution in [0.3, 0.4) is 0 Å². The number of hydrogen-bond acceptors (Lipinski definition) is 4. The second kappa shape index (κ2) is 6.73. The van der Waals surface area contributed by atoms with Crippen LogP contribution in [0, 0.1) is 6.92 Å². The number of benzene rings is 1. The standard InChI is InChI=1S/C14H21NO3/c1-12-3-2-4-13(9-12)18-11-14-10-15(5-7-16)6-8-17-14/h2-4,9,14,16H,5-8,10-11H2,1H3/t14-/m1/s1. The first-order chi connectivity index (χ1) is 8.78. The van der Waals surface area contributed by atoms with Gasteiger partial charge >= 0.3 is 0 Å². The molecule has 0 aliphatic carbocycles. The fourth-order valence-corrected chi connectivity index (χ4v) is 2.12. The first kappa shape index (κ1) is 13.3. The summed E-state index contributed by atoms with van der Waals surface area (Å²) < 4.78 is 11.4. The Morgan fingerprint density at radius 3 is 3.17 bits per heavy atom. The fraction of sp³-hybridized carbons (Fsp3) is 0.571. The third-order valence-corrected chi connectivity index (χ3v) is 3.06. The molecule has 0 bridgehead atoms. The van der Waals surface area contributed by atoms with Crippen LogP contribution in [0.25, 0.3) is 0 Å². The smallest absolute Gasteiger partial charge is 0.119 e. The van der Waals surface area contributed by atoms with Crippen LogP contribution < -0.4 is 4.74 Å². The number of hydrogen-bond donors (Lipinski definition) is 1. The average Bonchev–Trinajstić information content (AvgIpc) is 2.37. The number of aliphatic hydroxyl groups excluding tert-OH is 1. The number of aryl methyl sites for hydroxylation is 1. The van der Waals surface area contributed by atoms with Gasteiger partial charge in [-0.05, 0) is 24.6 Å². The second-order valence-electron chi connectivity index (χ2n) is 4.64. The van der Waals surface area contributed by atoms with Crippen molar-refractivity contribution in [2.75, 3.05) is 39.5 Å². The fourth-order valence-electron chi connectivity index (χ4n) is 2.12. The van der Waals surface area contributed by atoms with Crippen LogP contribution >= 0.6 is 0 Å². The van der Waals surface area contributed by atoms with Crippen molar-refractivity contribution < 1.29 is 14.6 Å². The average molecular weight is 251 g/mol. The molecular weight excluding hydrogens is 230 g/mol. The van der Waals surface area contributed by atoms with Gasteiger partial charge in [-0.1, -0.05) is 12.1 Å². The molecule has 4 nitrogen and oxygen atoms in total. The molecule has 1 atom stereocenters. The minimum Gasteiger partial charge on any atom is -0.491 e. The zero-order chi connectivity index (χ0) is 12.8. The predicted octanol–water partition coefficient (Wildman–Crippen LogP) is 1.07. The normalized spacial score (nSPS) is 20.9. The van der Waals surface area contributed by atoms with Gasteiger partial charge in [0.25, 0.3) is 0 Å². The number of ether oxygens (including phenoxy) is 2. The summed E-state index contributed by atoms with van der Waals surface area (Å²) in [5.41, 5.74) is 1.19. The van der Waals surface area contributed by atoms with Crippen molar-refractivity contribution in [2.24, 2.45) is 0 Å². The van der Waals surface area contributed by atoms with Gasteiger partial charge in [0.2, 0.25) is 0 Å². The van der Waals surface area contributed by atoms with Crippen molar-refractivity contribution in [1.82, 2.24) is 4.90 Å². The van der Waals surface area contributed by atoms with Gasteiger partial charge in [-0.25, -0.2) is 0 Å². The van der Waals surface area contributed by atoms with E-state index in [2.05, 4.69) is 4.90 Å². The first-order valence-electron chi connectivity index (χ1n) is 6.42. The lowest BCUT2D eigenvalue weighted by Gasteiger charge is -2.32. The van der Waals surface area contributed by atoms with Crippen molar-refractivity contribution in [1.29, 1.82) is 0 Å². The minimum atomic E-state index is 0.0887. The van der Waals surface area contributed by atoms with E-state index in [1.807, 2.05) is 31.2 Å². The van der Waals surface area contributed by atoms with Gasteiger partial charge in [0.05, 0.1) is 13.2 Å². The monoisotopic (exact) mass is 251 g/mol. The minimum absolute atomic E-state index is 0.0887. The molecule has 0 radical (unpaired) electrons. The number of morpholine rings is 1. The summed E-state index contributed by atoms with van der Waals surface area (Å²) in [5, 5.41) is 8.93. The summed E-state index contributed by atoms with van der Waals surface area (Å²) in [4.78, 5) is 2.20. The summed E-state index contributed by atoms with van der Waals surface area (Å²) >= 11 is 0. The van der Waals surface area contributed by atoms with E-state index in [-0.39, 0.29) is 12.7 Å². The maximum absolute atomic E-state index is 8.93. The Kier molecular flexibility index (Phi) is 4.99. The number of aliphatic hydroxyl groups is 1. The Morgan fingerprint density at radius 1 is 1.50 bits per heavy atom. The molecule has 1 aromatic rings. The van der Waals surface area contributed by atoms with Crippen molar-refractivity contribution in [3.8, 4) is 5.75 Å². The maximum atomic E-state index is 8.93. The summed E-state index contributed by atoms with van der Waals surface area (Å²) in [5.74, 6) is 0.887. The second-order valence-corrected chi connectivity index (χ2v) is 4.64. The van der Waals surface area contributed by atoms with E-state index in [1.165, 1.54) is 5.56 Å². The quantitative estimate of drug-likeness (QED) is 0.850. The molecule has 18 heavy (non-hydrogen) atoms. The van der Waals surface area contributed by atoms with Gasteiger partial charge in [-0.15, -0.1) is 0 Å². The lowest BCUT2D eigenvalue weighted by Crippen LogP contribution is -2.45. The van der Waals surface area contributed by atoms with Crippen molar-refractivity contribution in [3.63, 3.8) is 0 Å². The molecule has 1 fully saturated rings. The van der Waals surface area contributed by atoms with Crippen LogP contribution in [0.15, 0.2) is 24.3 Å². The third kappa shape index (κ3) is 3.98. The molecule has 0 saturated carbocycles. The Hall–Kier alpha value is -1.10. The molecule has 1 aromatic carbocycles. The molecule has 0 aromatic heterocycles. The Bertz CT molecular complexity index is 368. The highest BCUT2D eigenvalue weighted by Crippen LogP contribution is 2.14. The molecule has 1 saturated heterocycles. The highest BCUT2D eigenvalue weighted by atomic mass is 16.5. The Morgan fingerprint density at radius 2 is 2.39 bits per heavy atom. The van der Waals surface area contributed by atoms with E-state index in [0.29, 0.717) is 19.8 Å². The van der Waals surface area contributed by atoms with E-state index in [0.717, 1.165) is 18.8 Å². The Labute approximate surface area is 108 Å². The van der Waals surface area contributed by atoms with E-state index in [1.54, 1.807) is 0 Å². The van der Waals surface area contributed by atoms with E-state index in [4.69, 9.17) is 14.6 Å². The van der Waals surface area contributed by atoms with Crippen LogP contribution in [0.4, 0.5) is 0 Å². The number of nitrogens with zero attached hydrogens (tertiary/aromatic N) is 1. The molecule has 1 aliphatic rings. The van der Waals surface area contributed by atoms with Crippen molar-refractivity contribution in [3.05, 3.63) is 29.8 Å². The van der Waals surface area contributed by atoms with Crippen LogP contribution in [0.1, 0.15) is 5.56 Å². The summed E-state index contributed by atoms with van der Waals surface area (Å²) in [6, 6.07) is 8.02.